The summed E-state index contributed by atoms with van der Waals surface area (Å²) in [5.41, 5.74) is 4.17. The lowest BCUT2D eigenvalue weighted by Gasteiger charge is -2.21. The van der Waals surface area contributed by atoms with Crippen LogP contribution in [0, 0.1) is 0 Å². The number of imidazole rings is 2. The Labute approximate surface area is 141 Å². The summed E-state index contributed by atoms with van der Waals surface area (Å²) in [5, 5.41) is 3.41. The van der Waals surface area contributed by atoms with Gasteiger partial charge in [0.15, 0.2) is 0 Å². The van der Waals surface area contributed by atoms with Crippen molar-refractivity contribution in [2.75, 3.05) is 0 Å². The van der Waals surface area contributed by atoms with E-state index in [1.54, 1.807) is 6.20 Å². The minimum Gasteiger partial charge on any atom is -0.348 e. The summed E-state index contributed by atoms with van der Waals surface area (Å²) in [7, 11) is 2.04. The minimum atomic E-state index is 0.773. The first-order chi connectivity index (χ1) is 11.8. The topological polar surface area (TPSA) is 61.8 Å². The van der Waals surface area contributed by atoms with E-state index in [2.05, 4.69) is 47.9 Å². The molecule has 0 amide bonds. The molecule has 0 atom stereocenters. The Kier molecular flexibility index (Phi) is 4.15. The van der Waals surface area contributed by atoms with E-state index in [9.17, 15) is 0 Å². The number of hydrogen-bond donors (Lipinski definition) is 2. The zero-order chi connectivity index (χ0) is 16.4. The number of rotatable bonds is 6. The highest BCUT2D eigenvalue weighted by molar-refractivity contribution is 5.34. The lowest BCUT2D eigenvalue weighted by Crippen LogP contribution is -2.24. The fourth-order valence-corrected chi connectivity index (χ4v) is 3.22. The largest absolute Gasteiger partial charge is 0.348 e. The van der Waals surface area contributed by atoms with Gasteiger partial charge >= 0.3 is 0 Å². The van der Waals surface area contributed by atoms with Crippen LogP contribution in [-0.4, -0.2) is 24.4 Å². The van der Waals surface area contributed by atoms with Crippen molar-refractivity contribution in [2.24, 2.45) is 7.05 Å². The number of aromatic amines is 1. The fourth-order valence-electron chi connectivity index (χ4n) is 3.22. The molecule has 124 valence electrons. The van der Waals surface area contributed by atoms with E-state index in [0.29, 0.717) is 0 Å². The molecule has 0 fully saturated rings. The molecule has 24 heavy (non-hydrogen) atoms. The van der Waals surface area contributed by atoms with Gasteiger partial charge < -0.3 is 14.9 Å². The van der Waals surface area contributed by atoms with Crippen LogP contribution < -0.4 is 5.32 Å². The smallest absolute Gasteiger partial charge is 0.122 e. The first-order valence-electron chi connectivity index (χ1n) is 8.26. The van der Waals surface area contributed by atoms with E-state index in [4.69, 9.17) is 0 Å². The molecule has 0 saturated carbocycles. The second-order valence-electron chi connectivity index (χ2n) is 6.34. The van der Waals surface area contributed by atoms with Crippen molar-refractivity contribution < 1.29 is 0 Å². The van der Waals surface area contributed by atoms with Gasteiger partial charge in [0.1, 0.15) is 11.6 Å². The average Bonchev–Trinajstić information content (AvgIpc) is 3.30. The van der Waals surface area contributed by atoms with Crippen LogP contribution in [0.1, 0.15) is 28.3 Å². The van der Waals surface area contributed by atoms with Crippen molar-refractivity contribution in [3.05, 3.63) is 71.3 Å². The molecule has 1 aliphatic heterocycles. The Balaban J connectivity index is 1.54. The van der Waals surface area contributed by atoms with E-state index < -0.39 is 0 Å². The zero-order valence-corrected chi connectivity index (χ0v) is 13.9. The van der Waals surface area contributed by atoms with Crippen LogP contribution in [0.25, 0.3) is 0 Å². The average molecular weight is 322 g/mol. The molecule has 0 spiro atoms. The van der Waals surface area contributed by atoms with Crippen LogP contribution in [-0.2, 0) is 39.8 Å². The van der Waals surface area contributed by atoms with Gasteiger partial charge in [-0.15, -0.1) is 0 Å². The normalized spacial score (nSPS) is 13.6. The molecule has 0 radical (unpaired) electrons. The van der Waals surface area contributed by atoms with Crippen LogP contribution in [0.2, 0.25) is 0 Å². The van der Waals surface area contributed by atoms with Crippen molar-refractivity contribution in [1.82, 2.24) is 29.7 Å². The molecule has 2 N–H and O–H groups in total. The Bertz CT molecular complexity index is 805. The summed E-state index contributed by atoms with van der Waals surface area (Å²) >= 11 is 0. The van der Waals surface area contributed by atoms with Crippen LogP contribution in [0.5, 0.6) is 0 Å². The molecule has 0 saturated heterocycles. The number of nitrogens with one attached hydrogen (secondary N) is 2. The van der Waals surface area contributed by atoms with Gasteiger partial charge in [0.05, 0.1) is 13.1 Å². The SMILES string of the molecule is Cn1ccnc1CN(Cc1ccc2c(c1)CNC2)Cc1ncc[nH]1. The van der Waals surface area contributed by atoms with E-state index >= 15 is 0 Å². The highest BCUT2D eigenvalue weighted by Crippen LogP contribution is 2.19. The summed E-state index contributed by atoms with van der Waals surface area (Å²) in [6.07, 6.45) is 7.51. The number of nitrogens with zero attached hydrogens (tertiary/aromatic N) is 4. The lowest BCUT2D eigenvalue weighted by atomic mass is 10.1. The Morgan fingerprint density at radius 1 is 1.08 bits per heavy atom. The maximum atomic E-state index is 4.47. The molecule has 3 aromatic rings. The monoisotopic (exact) mass is 322 g/mol. The molecule has 0 unspecified atom stereocenters. The van der Waals surface area contributed by atoms with Gasteiger partial charge in [0.2, 0.25) is 0 Å². The predicted octanol–water partition coefficient (Wildman–Crippen LogP) is 1.95. The highest BCUT2D eigenvalue weighted by atomic mass is 15.2. The number of aromatic nitrogens is 4. The first kappa shape index (κ1) is 15.1. The van der Waals surface area contributed by atoms with E-state index in [0.717, 1.165) is 44.4 Å². The Morgan fingerprint density at radius 2 is 2.00 bits per heavy atom. The minimum absolute atomic E-state index is 0.773. The quantitative estimate of drug-likeness (QED) is 0.728. The van der Waals surface area contributed by atoms with E-state index in [1.807, 2.05) is 25.6 Å². The summed E-state index contributed by atoms with van der Waals surface area (Å²) in [6.45, 7) is 4.40. The van der Waals surface area contributed by atoms with Gasteiger partial charge in [0.25, 0.3) is 0 Å². The fraction of sp³-hybridized carbons (Fsp3) is 0.333. The van der Waals surface area contributed by atoms with Crippen molar-refractivity contribution in [3.63, 3.8) is 0 Å². The zero-order valence-electron chi connectivity index (χ0n) is 13.9. The molecule has 6 heteroatoms. The van der Waals surface area contributed by atoms with Crippen molar-refractivity contribution in [1.29, 1.82) is 0 Å². The van der Waals surface area contributed by atoms with Gasteiger partial charge in [-0.1, -0.05) is 18.2 Å². The van der Waals surface area contributed by atoms with Crippen LogP contribution in [0.15, 0.2) is 43.0 Å². The molecule has 2 aromatic heterocycles. The number of fused-ring (bicyclic) bond motifs is 1. The van der Waals surface area contributed by atoms with Gasteiger partial charge in [-0.3, -0.25) is 4.90 Å². The summed E-state index contributed by atoms with van der Waals surface area (Å²) in [5.74, 6) is 2.04. The maximum Gasteiger partial charge on any atom is 0.122 e. The Hall–Kier alpha value is -2.44. The third-order valence-electron chi connectivity index (χ3n) is 4.52. The maximum absolute atomic E-state index is 4.47. The van der Waals surface area contributed by atoms with Crippen LogP contribution in [0.4, 0.5) is 0 Å². The first-order valence-corrected chi connectivity index (χ1v) is 8.26. The van der Waals surface area contributed by atoms with Gasteiger partial charge in [-0.25, -0.2) is 9.97 Å². The molecular weight excluding hydrogens is 300 g/mol. The summed E-state index contributed by atoms with van der Waals surface area (Å²) in [6, 6.07) is 6.80. The molecule has 1 aliphatic rings. The van der Waals surface area contributed by atoms with E-state index in [-0.39, 0.29) is 0 Å². The van der Waals surface area contributed by atoms with Gasteiger partial charge in [-0.05, 0) is 16.7 Å². The number of hydrogen-bond acceptors (Lipinski definition) is 4. The molecule has 3 heterocycles. The second-order valence-corrected chi connectivity index (χ2v) is 6.34. The number of benzene rings is 1. The van der Waals surface area contributed by atoms with Crippen molar-refractivity contribution in [3.8, 4) is 0 Å². The van der Waals surface area contributed by atoms with E-state index in [1.165, 1.54) is 16.7 Å². The highest BCUT2D eigenvalue weighted by Gasteiger charge is 2.15. The molecule has 0 aliphatic carbocycles. The number of aryl methyl sites for hydroxylation is 1. The standard InChI is InChI=1S/C18H22N6/c1-23-7-6-22-18(23)13-24(12-17-20-4-5-21-17)11-14-2-3-15-9-19-10-16(15)8-14/h2-8,19H,9-13H2,1H3,(H,20,21). The molecule has 6 nitrogen and oxygen atoms in total. The predicted molar refractivity (Wildman–Crippen MR) is 91.7 cm³/mol. The molecule has 0 bridgehead atoms. The second kappa shape index (κ2) is 6.59. The van der Waals surface area contributed by atoms with Crippen molar-refractivity contribution >= 4 is 0 Å². The summed E-state index contributed by atoms with van der Waals surface area (Å²) < 4.78 is 2.07. The third kappa shape index (κ3) is 3.25. The van der Waals surface area contributed by atoms with Gasteiger partial charge in [-0.2, -0.15) is 0 Å². The van der Waals surface area contributed by atoms with Crippen molar-refractivity contribution in [2.45, 2.75) is 32.7 Å². The molecular formula is C18H22N6. The lowest BCUT2D eigenvalue weighted by molar-refractivity contribution is 0.233. The van der Waals surface area contributed by atoms with Crippen LogP contribution in [0.3, 0.4) is 0 Å². The molecule has 4 rings (SSSR count). The molecule has 1 aromatic carbocycles. The van der Waals surface area contributed by atoms with Gasteiger partial charge in [0, 0.05) is 51.5 Å². The number of H-pyrrole nitrogens is 1. The van der Waals surface area contributed by atoms with Crippen LogP contribution >= 0.6 is 0 Å². The summed E-state index contributed by atoms with van der Waals surface area (Å²) in [4.78, 5) is 14.4. The Morgan fingerprint density at radius 3 is 2.79 bits per heavy atom. The third-order valence-corrected chi connectivity index (χ3v) is 4.52.